The molecule has 0 amide bonds. The number of hydrogen-bond donors (Lipinski definition) is 3. The van der Waals surface area contributed by atoms with Gasteiger partial charge in [0.25, 0.3) is 0 Å². The first-order valence-corrected chi connectivity index (χ1v) is 7.27. The average molecular weight is 268 g/mol. The highest BCUT2D eigenvalue weighted by molar-refractivity contribution is 7.10. The standard InChI is InChI=1S/C13H20N2O2S/c1-2-4-10(11-5-3-6-18-11)15-13(7-12(16)17)8-14-9-13/h3,5-6,10,14-15H,2,4,7-9H2,1H3,(H,16,17). The maximum Gasteiger partial charge on any atom is 0.305 e. The second kappa shape index (κ2) is 5.82. The molecule has 1 unspecified atom stereocenters. The Hall–Kier alpha value is -0.910. The quantitative estimate of drug-likeness (QED) is 0.708. The van der Waals surface area contributed by atoms with Gasteiger partial charge >= 0.3 is 5.97 Å². The fourth-order valence-corrected chi connectivity index (χ4v) is 3.24. The van der Waals surface area contributed by atoms with Crippen LogP contribution in [-0.4, -0.2) is 29.7 Å². The Balaban J connectivity index is 2.05. The molecular weight excluding hydrogens is 248 g/mol. The topological polar surface area (TPSA) is 61.4 Å². The van der Waals surface area contributed by atoms with E-state index >= 15 is 0 Å². The number of nitrogens with one attached hydrogen (secondary N) is 2. The molecule has 0 radical (unpaired) electrons. The minimum Gasteiger partial charge on any atom is -0.481 e. The van der Waals surface area contributed by atoms with Crippen LogP contribution in [0.1, 0.15) is 37.1 Å². The number of carbonyl (C=O) groups is 1. The predicted molar refractivity (Wildman–Crippen MR) is 73.0 cm³/mol. The molecule has 1 aromatic heterocycles. The zero-order chi connectivity index (χ0) is 13.0. The number of rotatable bonds is 7. The van der Waals surface area contributed by atoms with Gasteiger partial charge < -0.3 is 15.7 Å². The molecular formula is C13H20N2O2S. The Morgan fingerprint density at radius 1 is 1.67 bits per heavy atom. The van der Waals surface area contributed by atoms with Crippen LogP contribution in [0, 0.1) is 0 Å². The lowest BCUT2D eigenvalue weighted by atomic mass is 9.87. The normalized spacial score (nSPS) is 19.2. The van der Waals surface area contributed by atoms with Gasteiger partial charge in [-0.2, -0.15) is 0 Å². The first-order valence-electron chi connectivity index (χ1n) is 6.39. The van der Waals surface area contributed by atoms with E-state index in [0.29, 0.717) is 0 Å². The van der Waals surface area contributed by atoms with Crippen molar-refractivity contribution in [2.75, 3.05) is 13.1 Å². The largest absolute Gasteiger partial charge is 0.481 e. The third kappa shape index (κ3) is 3.10. The molecule has 1 fully saturated rings. The van der Waals surface area contributed by atoms with Crippen LogP contribution >= 0.6 is 11.3 Å². The summed E-state index contributed by atoms with van der Waals surface area (Å²) in [6.45, 7) is 3.64. The summed E-state index contributed by atoms with van der Waals surface area (Å²) in [4.78, 5) is 12.3. The molecule has 2 heterocycles. The molecule has 1 aliphatic heterocycles. The van der Waals surface area contributed by atoms with Gasteiger partial charge in [0.15, 0.2) is 0 Å². The monoisotopic (exact) mass is 268 g/mol. The highest BCUT2D eigenvalue weighted by atomic mass is 32.1. The summed E-state index contributed by atoms with van der Waals surface area (Å²) in [6.07, 6.45) is 2.32. The summed E-state index contributed by atoms with van der Waals surface area (Å²) in [7, 11) is 0. The van der Waals surface area contributed by atoms with Gasteiger partial charge in [0.1, 0.15) is 0 Å². The van der Waals surface area contributed by atoms with E-state index in [0.717, 1.165) is 25.9 Å². The molecule has 0 spiro atoms. The van der Waals surface area contributed by atoms with Gasteiger partial charge in [0.05, 0.1) is 12.0 Å². The summed E-state index contributed by atoms with van der Waals surface area (Å²) in [5.74, 6) is -0.731. The van der Waals surface area contributed by atoms with E-state index in [9.17, 15) is 4.79 Å². The van der Waals surface area contributed by atoms with E-state index in [1.807, 2.05) is 6.07 Å². The molecule has 5 heteroatoms. The third-order valence-corrected chi connectivity index (χ3v) is 4.35. The van der Waals surface area contributed by atoms with Crippen LogP contribution in [0.2, 0.25) is 0 Å². The van der Waals surface area contributed by atoms with E-state index in [-0.39, 0.29) is 18.0 Å². The van der Waals surface area contributed by atoms with E-state index in [1.165, 1.54) is 4.88 Å². The molecule has 0 aromatic carbocycles. The molecule has 100 valence electrons. The smallest absolute Gasteiger partial charge is 0.305 e. The van der Waals surface area contributed by atoms with Crippen LogP contribution < -0.4 is 10.6 Å². The van der Waals surface area contributed by atoms with Crippen molar-refractivity contribution in [2.24, 2.45) is 0 Å². The molecule has 1 atom stereocenters. The van der Waals surface area contributed by atoms with Crippen LogP contribution in [0.4, 0.5) is 0 Å². The number of hydrogen-bond acceptors (Lipinski definition) is 4. The third-order valence-electron chi connectivity index (χ3n) is 3.36. The van der Waals surface area contributed by atoms with Gasteiger partial charge in [0.2, 0.25) is 0 Å². The molecule has 1 aliphatic rings. The lowest BCUT2D eigenvalue weighted by molar-refractivity contribution is -0.139. The maximum absolute atomic E-state index is 11.0. The zero-order valence-electron chi connectivity index (χ0n) is 10.6. The summed E-state index contributed by atoms with van der Waals surface area (Å²) in [5, 5.41) is 17.8. The van der Waals surface area contributed by atoms with Crippen molar-refractivity contribution in [2.45, 2.75) is 37.8 Å². The Morgan fingerprint density at radius 3 is 2.89 bits per heavy atom. The van der Waals surface area contributed by atoms with Gasteiger partial charge in [-0.15, -0.1) is 11.3 Å². The number of carboxylic acid groups (broad SMARTS) is 1. The van der Waals surface area contributed by atoms with Crippen molar-refractivity contribution >= 4 is 17.3 Å². The van der Waals surface area contributed by atoms with Crippen molar-refractivity contribution in [3.63, 3.8) is 0 Å². The van der Waals surface area contributed by atoms with E-state index in [4.69, 9.17) is 5.11 Å². The van der Waals surface area contributed by atoms with E-state index in [2.05, 4.69) is 29.0 Å². The molecule has 4 nitrogen and oxygen atoms in total. The number of carboxylic acids is 1. The van der Waals surface area contributed by atoms with Crippen LogP contribution in [0.25, 0.3) is 0 Å². The number of aliphatic carboxylic acids is 1. The molecule has 18 heavy (non-hydrogen) atoms. The van der Waals surface area contributed by atoms with Crippen LogP contribution in [-0.2, 0) is 4.79 Å². The molecule has 1 aromatic rings. The second-order valence-electron chi connectivity index (χ2n) is 4.96. The van der Waals surface area contributed by atoms with Crippen molar-refractivity contribution in [3.8, 4) is 0 Å². The average Bonchev–Trinajstić information content (AvgIpc) is 2.77. The molecule has 0 aliphatic carbocycles. The van der Waals surface area contributed by atoms with Gasteiger partial charge in [-0.1, -0.05) is 19.4 Å². The van der Waals surface area contributed by atoms with E-state index in [1.54, 1.807) is 11.3 Å². The van der Waals surface area contributed by atoms with E-state index < -0.39 is 5.97 Å². The summed E-state index contributed by atoms with van der Waals surface area (Å²) in [6, 6.07) is 4.45. The Kier molecular flexibility index (Phi) is 4.37. The second-order valence-corrected chi connectivity index (χ2v) is 5.93. The van der Waals surface area contributed by atoms with Crippen LogP contribution in [0.15, 0.2) is 17.5 Å². The fourth-order valence-electron chi connectivity index (χ4n) is 2.43. The van der Waals surface area contributed by atoms with Gasteiger partial charge in [0, 0.05) is 24.0 Å². The minimum absolute atomic E-state index is 0.186. The molecule has 2 rings (SSSR count). The Bertz CT molecular complexity index is 388. The first kappa shape index (κ1) is 13.5. The Labute approximate surface area is 111 Å². The summed E-state index contributed by atoms with van der Waals surface area (Å²) >= 11 is 1.73. The fraction of sp³-hybridized carbons (Fsp3) is 0.615. The molecule has 0 bridgehead atoms. The highest BCUT2D eigenvalue weighted by Gasteiger charge is 2.40. The lowest BCUT2D eigenvalue weighted by Crippen LogP contribution is -2.68. The zero-order valence-corrected chi connectivity index (χ0v) is 11.4. The summed E-state index contributed by atoms with van der Waals surface area (Å²) in [5.41, 5.74) is -0.268. The molecule has 1 saturated heterocycles. The molecule has 0 saturated carbocycles. The minimum atomic E-state index is -0.731. The maximum atomic E-state index is 11.0. The predicted octanol–water partition coefficient (Wildman–Crippen LogP) is 2.00. The van der Waals surface area contributed by atoms with Crippen molar-refractivity contribution in [1.29, 1.82) is 0 Å². The SMILES string of the molecule is CCCC(NC1(CC(=O)O)CNC1)c1cccs1. The van der Waals surface area contributed by atoms with Gasteiger partial charge in [-0.05, 0) is 17.9 Å². The highest BCUT2D eigenvalue weighted by Crippen LogP contribution is 2.28. The first-order chi connectivity index (χ1) is 8.65. The lowest BCUT2D eigenvalue weighted by Gasteiger charge is -2.45. The van der Waals surface area contributed by atoms with Gasteiger partial charge in [-0.3, -0.25) is 4.79 Å². The number of thiophene rings is 1. The van der Waals surface area contributed by atoms with Gasteiger partial charge in [-0.25, -0.2) is 0 Å². The van der Waals surface area contributed by atoms with Crippen molar-refractivity contribution in [1.82, 2.24) is 10.6 Å². The van der Waals surface area contributed by atoms with Crippen molar-refractivity contribution < 1.29 is 9.90 Å². The van der Waals surface area contributed by atoms with Crippen molar-refractivity contribution in [3.05, 3.63) is 22.4 Å². The summed E-state index contributed by atoms with van der Waals surface area (Å²) < 4.78 is 0. The molecule has 3 N–H and O–H groups in total. The Morgan fingerprint density at radius 2 is 2.44 bits per heavy atom. The van der Waals surface area contributed by atoms with Crippen LogP contribution in [0.5, 0.6) is 0 Å². The van der Waals surface area contributed by atoms with Crippen LogP contribution in [0.3, 0.4) is 0 Å².